The van der Waals surface area contributed by atoms with Gasteiger partial charge in [0.15, 0.2) is 0 Å². The summed E-state index contributed by atoms with van der Waals surface area (Å²) >= 11 is 0. The molecule has 1 N–H and O–H groups in total. The van der Waals surface area contributed by atoms with Gasteiger partial charge in [0.2, 0.25) is 0 Å². The van der Waals surface area contributed by atoms with E-state index in [9.17, 15) is 4.79 Å². The van der Waals surface area contributed by atoms with Crippen LogP contribution in [-0.4, -0.2) is 15.9 Å². The summed E-state index contributed by atoms with van der Waals surface area (Å²) in [5.41, 5.74) is 3.30. The number of hydrogen-bond acceptors (Lipinski definition) is 3. The normalized spacial score (nSPS) is 12.1. The van der Waals surface area contributed by atoms with Gasteiger partial charge >= 0.3 is 0 Å². The summed E-state index contributed by atoms with van der Waals surface area (Å²) in [4.78, 5) is 21.7. The first-order valence-corrected chi connectivity index (χ1v) is 8.20. The molecule has 0 radical (unpaired) electrons. The second-order valence-electron chi connectivity index (χ2n) is 5.90. The topological polar surface area (TPSA) is 54.9 Å². The maximum absolute atomic E-state index is 12.9. The number of nitrogens with zero attached hydrogens (tertiary/aromatic N) is 2. The summed E-state index contributed by atoms with van der Waals surface area (Å²) in [5, 5.41) is 4.05. The number of amides is 1. The molecule has 0 aliphatic rings. The lowest BCUT2D eigenvalue weighted by molar-refractivity contribution is 0.0937. The van der Waals surface area contributed by atoms with Gasteiger partial charge in [0.05, 0.1) is 17.1 Å². The first-order chi connectivity index (χ1) is 11.6. The van der Waals surface area contributed by atoms with Crippen molar-refractivity contribution in [1.82, 2.24) is 15.3 Å². The Morgan fingerprint density at radius 3 is 2.50 bits per heavy atom. The number of fused-ring (bicyclic) bond motifs is 1. The van der Waals surface area contributed by atoms with E-state index in [-0.39, 0.29) is 11.9 Å². The Morgan fingerprint density at radius 2 is 1.79 bits per heavy atom. The molecule has 0 bridgehead atoms. The van der Waals surface area contributed by atoms with Crippen LogP contribution in [-0.2, 0) is 0 Å². The molecule has 1 atom stereocenters. The van der Waals surface area contributed by atoms with Crippen LogP contribution < -0.4 is 5.32 Å². The van der Waals surface area contributed by atoms with E-state index in [2.05, 4.69) is 22.2 Å². The minimum atomic E-state index is -0.103. The summed E-state index contributed by atoms with van der Waals surface area (Å²) in [6.45, 7) is 5.86. The molecule has 0 aliphatic heterocycles. The zero-order chi connectivity index (χ0) is 17.1. The number of benzene rings is 2. The molecule has 1 unspecified atom stereocenters. The zero-order valence-corrected chi connectivity index (χ0v) is 14.2. The summed E-state index contributed by atoms with van der Waals surface area (Å²) in [7, 11) is 0. The highest BCUT2D eigenvalue weighted by Crippen LogP contribution is 2.21. The van der Waals surface area contributed by atoms with E-state index in [1.807, 2.05) is 62.4 Å². The molecule has 3 aromatic rings. The van der Waals surface area contributed by atoms with Crippen LogP contribution >= 0.6 is 0 Å². The molecule has 1 amide bonds. The minimum Gasteiger partial charge on any atom is -0.345 e. The fraction of sp³-hybridized carbons (Fsp3) is 0.250. The molecule has 24 heavy (non-hydrogen) atoms. The molecule has 4 heteroatoms. The van der Waals surface area contributed by atoms with Crippen LogP contribution in [0.25, 0.3) is 10.9 Å². The molecular formula is C20H21N3O. The number of hydrogen-bond donors (Lipinski definition) is 1. The van der Waals surface area contributed by atoms with Crippen LogP contribution in [0.1, 0.15) is 46.8 Å². The molecule has 0 saturated carbocycles. The maximum Gasteiger partial charge on any atom is 0.253 e. The zero-order valence-electron chi connectivity index (χ0n) is 14.2. The van der Waals surface area contributed by atoms with Crippen molar-refractivity contribution in [3.63, 3.8) is 0 Å². The van der Waals surface area contributed by atoms with Gasteiger partial charge in [0.25, 0.3) is 5.91 Å². The van der Waals surface area contributed by atoms with Crippen LogP contribution in [0.2, 0.25) is 0 Å². The van der Waals surface area contributed by atoms with E-state index < -0.39 is 0 Å². The number of carbonyl (C=O) groups is 1. The van der Waals surface area contributed by atoms with Gasteiger partial charge in [-0.3, -0.25) is 4.79 Å². The third-order valence-corrected chi connectivity index (χ3v) is 4.19. The minimum absolute atomic E-state index is 0.0158. The van der Waals surface area contributed by atoms with E-state index >= 15 is 0 Å². The molecule has 1 heterocycles. The van der Waals surface area contributed by atoms with Crippen molar-refractivity contribution in [2.24, 2.45) is 0 Å². The van der Waals surface area contributed by atoms with Crippen LogP contribution in [0.15, 0.2) is 48.5 Å². The molecule has 0 saturated heterocycles. The highest BCUT2D eigenvalue weighted by atomic mass is 16.1. The molecule has 0 spiro atoms. The van der Waals surface area contributed by atoms with Gasteiger partial charge in [-0.1, -0.05) is 49.4 Å². The lowest BCUT2D eigenvalue weighted by Crippen LogP contribution is -2.28. The van der Waals surface area contributed by atoms with Crippen molar-refractivity contribution in [2.75, 3.05) is 0 Å². The van der Waals surface area contributed by atoms with Crippen LogP contribution in [0.3, 0.4) is 0 Å². The van der Waals surface area contributed by atoms with Crippen molar-refractivity contribution < 1.29 is 4.79 Å². The summed E-state index contributed by atoms with van der Waals surface area (Å²) in [6.07, 6.45) is 0.827. The fourth-order valence-electron chi connectivity index (χ4n) is 2.97. The van der Waals surface area contributed by atoms with Crippen molar-refractivity contribution in [3.05, 3.63) is 71.2 Å². The molecule has 122 valence electrons. The van der Waals surface area contributed by atoms with E-state index in [0.717, 1.165) is 23.1 Å². The Kier molecular flexibility index (Phi) is 4.56. The van der Waals surface area contributed by atoms with Gasteiger partial charge in [-0.2, -0.15) is 0 Å². The van der Waals surface area contributed by atoms with Crippen LogP contribution in [0.4, 0.5) is 0 Å². The van der Waals surface area contributed by atoms with E-state index in [1.54, 1.807) is 0 Å². The molecule has 4 nitrogen and oxygen atoms in total. The van der Waals surface area contributed by atoms with Gasteiger partial charge in [0.1, 0.15) is 5.82 Å². The Morgan fingerprint density at radius 1 is 1.04 bits per heavy atom. The number of carbonyl (C=O) groups excluding carboxylic acids is 1. The second-order valence-corrected chi connectivity index (χ2v) is 5.90. The first kappa shape index (κ1) is 16.1. The Hall–Kier alpha value is -2.75. The lowest BCUT2D eigenvalue weighted by Gasteiger charge is -2.18. The molecule has 2 aromatic carbocycles. The standard InChI is InChI=1S/C20H21N3O/c1-4-18(15-9-6-5-7-10-15)23-20(24)17-12-8-11-16-13(2)21-14(3)22-19(16)17/h5-12,18H,4H2,1-3H3,(H,23,24). The highest BCUT2D eigenvalue weighted by Gasteiger charge is 2.17. The fourth-order valence-corrected chi connectivity index (χ4v) is 2.97. The van der Waals surface area contributed by atoms with Crippen LogP contribution in [0.5, 0.6) is 0 Å². The highest BCUT2D eigenvalue weighted by molar-refractivity contribution is 6.06. The number of aromatic nitrogens is 2. The van der Waals surface area contributed by atoms with Gasteiger partial charge in [-0.05, 0) is 31.9 Å². The lowest BCUT2D eigenvalue weighted by atomic mass is 10.0. The molecular weight excluding hydrogens is 298 g/mol. The summed E-state index contributed by atoms with van der Waals surface area (Å²) in [6, 6.07) is 15.7. The molecule has 3 rings (SSSR count). The predicted molar refractivity (Wildman–Crippen MR) is 96.0 cm³/mol. The van der Waals surface area contributed by atoms with Crippen molar-refractivity contribution >= 4 is 16.8 Å². The molecule has 0 fully saturated rings. The van der Waals surface area contributed by atoms with E-state index in [0.29, 0.717) is 16.9 Å². The number of nitrogens with one attached hydrogen (secondary N) is 1. The first-order valence-electron chi connectivity index (χ1n) is 8.20. The maximum atomic E-state index is 12.9. The quantitative estimate of drug-likeness (QED) is 0.786. The summed E-state index contributed by atoms with van der Waals surface area (Å²) < 4.78 is 0. The van der Waals surface area contributed by atoms with E-state index in [1.165, 1.54) is 0 Å². The monoisotopic (exact) mass is 319 g/mol. The van der Waals surface area contributed by atoms with Gasteiger partial charge in [0, 0.05) is 11.1 Å². The van der Waals surface area contributed by atoms with Gasteiger partial charge in [-0.15, -0.1) is 0 Å². The molecule has 1 aromatic heterocycles. The smallest absolute Gasteiger partial charge is 0.253 e. The second kappa shape index (κ2) is 6.79. The van der Waals surface area contributed by atoms with Gasteiger partial charge in [-0.25, -0.2) is 9.97 Å². The Bertz CT molecular complexity index is 875. The van der Waals surface area contributed by atoms with E-state index in [4.69, 9.17) is 0 Å². The van der Waals surface area contributed by atoms with Crippen molar-refractivity contribution in [1.29, 1.82) is 0 Å². The Balaban J connectivity index is 1.97. The number of para-hydroxylation sites is 1. The molecule has 0 aliphatic carbocycles. The SMILES string of the molecule is CCC(NC(=O)c1cccc2c(C)nc(C)nc12)c1ccccc1. The third kappa shape index (κ3) is 3.13. The summed E-state index contributed by atoms with van der Waals surface area (Å²) in [5.74, 6) is 0.573. The average Bonchev–Trinajstić information content (AvgIpc) is 2.59. The van der Waals surface area contributed by atoms with Gasteiger partial charge < -0.3 is 5.32 Å². The predicted octanol–water partition coefficient (Wildman–Crippen LogP) is 4.13. The van der Waals surface area contributed by atoms with Crippen molar-refractivity contribution in [3.8, 4) is 0 Å². The number of aryl methyl sites for hydroxylation is 2. The number of rotatable bonds is 4. The van der Waals surface area contributed by atoms with Crippen molar-refractivity contribution in [2.45, 2.75) is 33.2 Å². The third-order valence-electron chi connectivity index (χ3n) is 4.19. The Labute approximate surface area is 142 Å². The van der Waals surface area contributed by atoms with Crippen LogP contribution in [0, 0.1) is 13.8 Å². The largest absolute Gasteiger partial charge is 0.345 e. The average molecular weight is 319 g/mol.